The molecule has 0 radical (unpaired) electrons. The number of ether oxygens (including phenoxy) is 1. The molecule has 10 heteroatoms. The van der Waals surface area contributed by atoms with Gasteiger partial charge in [0.05, 0.1) is 17.5 Å². The predicted molar refractivity (Wildman–Crippen MR) is 111 cm³/mol. The Morgan fingerprint density at radius 3 is 3.00 bits per heavy atom. The topological polar surface area (TPSA) is 121 Å². The van der Waals surface area contributed by atoms with Gasteiger partial charge in [0.1, 0.15) is 6.17 Å². The van der Waals surface area contributed by atoms with Gasteiger partial charge >= 0.3 is 0 Å². The summed E-state index contributed by atoms with van der Waals surface area (Å²) in [6.45, 7) is 3.58. The number of nitrogens with one attached hydrogen (secondary N) is 4. The van der Waals surface area contributed by atoms with Crippen LogP contribution in [0.25, 0.3) is 16.5 Å². The van der Waals surface area contributed by atoms with E-state index >= 15 is 0 Å². The molecule has 30 heavy (non-hydrogen) atoms. The highest BCUT2D eigenvalue weighted by atomic mass is 19.1. The van der Waals surface area contributed by atoms with Crippen LogP contribution in [0, 0.1) is 0 Å². The van der Waals surface area contributed by atoms with Gasteiger partial charge in [0.2, 0.25) is 5.95 Å². The molecule has 0 saturated heterocycles. The van der Waals surface area contributed by atoms with E-state index in [-0.39, 0.29) is 25.0 Å². The fraction of sp³-hybridized carbons (Fsp3) is 0.300. The molecule has 1 aliphatic rings. The van der Waals surface area contributed by atoms with E-state index in [1.165, 1.54) is 0 Å². The van der Waals surface area contributed by atoms with Gasteiger partial charge in [-0.3, -0.25) is 15.0 Å². The SMILES string of the molecule is CC(C)NC(=O)COC1=CC=C(c2nc(Nc3ccc4[nH]ncc4c3)n[nH]2)C(F)C1. The summed E-state index contributed by atoms with van der Waals surface area (Å²) in [5.74, 6) is 0.839. The zero-order chi connectivity index (χ0) is 21.1. The number of H-pyrrole nitrogens is 2. The van der Waals surface area contributed by atoms with Gasteiger partial charge in [0.25, 0.3) is 5.91 Å². The molecule has 0 saturated carbocycles. The average molecular weight is 411 g/mol. The van der Waals surface area contributed by atoms with Gasteiger partial charge in [0.15, 0.2) is 12.4 Å². The van der Waals surface area contributed by atoms with E-state index < -0.39 is 6.17 Å². The highest BCUT2D eigenvalue weighted by Crippen LogP contribution is 2.29. The Bertz CT molecular complexity index is 1120. The monoisotopic (exact) mass is 411 g/mol. The number of allylic oxidation sites excluding steroid dienone is 4. The van der Waals surface area contributed by atoms with Crippen LogP contribution >= 0.6 is 0 Å². The third-order valence-electron chi connectivity index (χ3n) is 4.46. The number of carbonyl (C=O) groups is 1. The van der Waals surface area contributed by atoms with Crippen LogP contribution in [0.15, 0.2) is 42.3 Å². The van der Waals surface area contributed by atoms with E-state index in [4.69, 9.17) is 4.74 Å². The molecular formula is C20H22FN7O2. The van der Waals surface area contributed by atoms with E-state index in [1.54, 1.807) is 18.3 Å². The zero-order valence-corrected chi connectivity index (χ0v) is 16.6. The first kappa shape index (κ1) is 19.6. The lowest BCUT2D eigenvalue weighted by atomic mass is 10.0. The summed E-state index contributed by atoms with van der Waals surface area (Å²) in [6.07, 6.45) is 3.67. The van der Waals surface area contributed by atoms with Gasteiger partial charge in [-0.1, -0.05) is 0 Å². The van der Waals surface area contributed by atoms with Crippen molar-refractivity contribution >= 4 is 34.0 Å². The first-order valence-corrected chi connectivity index (χ1v) is 9.58. The summed E-state index contributed by atoms with van der Waals surface area (Å²) in [6, 6.07) is 5.70. The number of halogens is 1. The number of amides is 1. The first-order chi connectivity index (χ1) is 14.5. The number of anilines is 2. The summed E-state index contributed by atoms with van der Waals surface area (Å²) < 4.78 is 20.1. The van der Waals surface area contributed by atoms with E-state index in [2.05, 4.69) is 36.0 Å². The van der Waals surface area contributed by atoms with Crippen molar-refractivity contribution < 1.29 is 13.9 Å². The Morgan fingerprint density at radius 2 is 2.20 bits per heavy atom. The molecule has 0 fully saturated rings. The van der Waals surface area contributed by atoms with Gasteiger partial charge in [-0.25, -0.2) is 4.39 Å². The maximum Gasteiger partial charge on any atom is 0.258 e. The Balaban J connectivity index is 1.41. The number of nitrogens with zero attached hydrogens (tertiary/aromatic N) is 3. The number of rotatable bonds is 7. The number of hydrogen-bond acceptors (Lipinski definition) is 6. The molecule has 0 bridgehead atoms. The third kappa shape index (κ3) is 4.48. The molecule has 0 aliphatic heterocycles. The van der Waals surface area contributed by atoms with Crippen LogP contribution in [0.1, 0.15) is 26.1 Å². The average Bonchev–Trinajstić information content (AvgIpc) is 3.35. The smallest absolute Gasteiger partial charge is 0.258 e. The standard InChI is InChI=1S/C20H22FN7O2/c1-11(2)23-18(29)10-30-14-4-5-15(16(21)8-14)19-25-20(28-27-19)24-13-3-6-17-12(7-13)9-22-26-17/h3-7,9,11,16H,8,10H2,1-2H3,(H,22,26)(H,23,29)(H2,24,25,27,28). The minimum atomic E-state index is -1.32. The molecule has 9 nitrogen and oxygen atoms in total. The molecule has 4 N–H and O–H groups in total. The summed E-state index contributed by atoms with van der Waals surface area (Å²) in [5, 5.41) is 20.5. The molecule has 1 atom stereocenters. The lowest BCUT2D eigenvalue weighted by Gasteiger charge is -2.18. The summed E-state index contributed by atoms with van der Waals surface area (Å²) in [5.41, 5.74) is 2.09. The minimum absolute atomic E-state index is 0.0257. The highest BCUT2D eigenvalue weighted by molar-refractivity contribution is 5.82. The van der Waals surface area contributed by atoms with E-state index in [0.717, 1.165) is 16.6 Å². The third-order valence-corrected chi connectivity index (χ3v) is 4.46. The molecule has 2 heterocycles. The maximum atomic E-state index is 14.7. The van der Waals surface area contributed by atoms with Crippen molar-refractivity contribution in [3.8, 4) is 0 Å². The van der Waals surface area contributed by atoms with Gasteiger partial charge in [-0.2, -0.15) is 10.1 Å². The number of alkyl halides is 1. The number of hydrogen-bond donors (Lipinski definition) is 4. The van der Waals surface area contributed by atoms with E-state index in [1.807, 2.05) is 32.0 Å². The predicted octanol–water partition coefficient (Wildman–Crippen LogP) is 2.97. The molecule has 3 aromatic rings. The Kier molecular flexibility index (Phi) is 5.46. The van der Waals surface area contributed by atoms with Gasteiger partial charge in [-0.15, -0.1) is 5.10 Å². The fourth-order valence-corrected chi connectivity index (χ4v) is 3.09. The van der Waals surface area contributed by atoms with Crippen LogP contribution < -0.4 is 10.6 Å². The molecule has 1 aliphatic carbocycles. The second-order valence-electron chi connectivity index (χ2n) is 7.24. The number of aromatic nitrogens is 5. The zero-order valence-electron chi connectivity index (χ0n) is 16.6. The second kappa shape index (κ2) is 8.36. The maximum absolute atomic E-state index is 14.7. The second-order valence-corrected chi connectivity index (χ2v) is 7.24. The molecular weight excluding hydrogens is 389 g/mol. The summed E-state index contributed by atoms with van der Waals surface area (Å²) >= 11 is 0. The quantitative estimate of drug-likeness (QED) is 0.474. The number of fused-ring (bicyclic) bond motifs is 1. The minimum Gasteiger partial charge on any atom is -0.488 e. The number of aromatic amines is 2. The molecule has 156 valence electrons. The fourth-order valence-electron chi connectivity index (χ4n) is 3.09. The van der Waals surface area contributed by atoms with E-state index in [0.29, 0.717) is 23.1 Å². The Hall–Kier alpha value is -3.69. The normalized spacial score (nSPS) is 16.3. The van der Waals surface area contributed by atoms with Crippen molar-refractivity contribution in [1.29, 1.82) is 0 Å². The molecule has 2 aromatic heterocycles. The number of carbonyl (C=O) groups excluding carboxylic acids is 1. The molecule has 0 spiro atoms. The molecule has 1 amide bonds. The Labute approximate surface area is 171 Å². The lowest BCUT2D eigenvalue weighted by molar-refractivity contribution is -0.125. The van der Waals surface area contributed by atoms with Crippen LogP contribution in [-0.2, 0) is 9.53 Å². The molecule has 1 unspecified atom stereocenters. The van der Waals surface area contributed by atoms with Crippen LogP contribution in [0.4, 0.5) is 16.0 Å². The Morgan fingerprint density at radius 1 is 1.33 bits per heavy atom. The molecule has 1 aromatic carbocycles. The van der Waals surface area contributed by atoms with Gasteiger partial charge in [0, 0.05) is 29.1 Å². The van der Waals surface area contributed by atoms with Crippen molar-refractivity contribution in [2.24, 2.45) is 0 Å². The van der Waals surface area contributed by atoms with Crippen molar-refractivity contribution in [2.45, 2.75) is 32.5 Å². The van der Waals surface area contributed by atoms with Crippen LogP contribution in [-0.4, -0.2) is 50.1 Å². The van der Waals surface area contributed by atoms with Gasteiger partial charge < -0.3 is 15.4 Å². The van der Waals surface area contributed by atoms with Crippen LogP contribution in [0.5, 0.6) is 0 Å². The van der Waals surface area contributed by atoms with Gasteiger partial charge in [-0.05, 0) is 44.2 Å². The van der Waals surface area contributed by atoms with Crippen LogP contribution in [0.2, 0.25) is 0 Å². The van der Waals surface area contributed by atoms with Crippen molar-refractivity contribution in [2.75, 3.05) is 11.9 Å². The summed E-state index contributed by atoms with van der Waals surface area (Å²) in [4.78, 5) is 16.0. The van der Waals surface area contributed by atoms with Crippen LogP contribution in [0.3, 0.4) is 0 Å². The van der Waals surface area contributed by atoms with E-state index in [9.17, 15) is 9.18 Å². The molecule has 4 rings (SSSR count). The van der Waals surface area contributed by atoms with Crippen molar-refractivity contribution in [3.05, 3.63) is 48.1 Å². The lowest BCUT2D eigenvalue weighted by Crippen LogP contribution is -2.33. The van der Waals surface area contributed by atoms with Crippen molar-refractivity contribution in [3.63, 3.8) is 0 Å². The number of benzene rings is 1. The highest BCUT2D eigenvalue weighted by Gasteiger charge is 2.24. The largest absolute Gasteiger partial charge is 0.488 e. The summed E-state index contributed by atoms with van der Waals surface area (Å²) in [7, 11) is 0. The first-order valence-electron chi connectivity index (χ1n) is 9.58. The van der Waals surface area contributed by atoms with Crippen molar-refractivity contribution in [1.82, 2.24) is 30.7 Å².